The molecule has 0 radical (unpaired) electrons. The lowest BCUT2D eigenvalue weighted by atomic mass is 9.96. The van der Waals surface area contributed by atoms with E-state index in [0.717, 1.165) is 6.42 Å². The summed E-state index contributed by atoms with van der Waals surface area (Å²) in [6.45, 7) is 2.23. The first-order chi connectivity index (χ1) is 14.2. The molecule has 0 fully saturated rings. The van der Waals surface area contributed by atoms with Crippen molar-refractivity contribution in [1.29, 1.82) is 0 Å². The molecule has 0 unspecified atom stereocenters. The third-order valence-corrected chi connectivity index (χ3v) is 6.18. The molecule has 5 aromatic rings. The molecule has 3 heteroatoms. The normalized spacial score (nSPS) is 12.3. The van der Waals surface area contributed by atoms with Gasteiger partial charge in [0.2, 0.25) is 0 Å². The number of fused-ring (bicyclic) bond motifs is 4. The average molecular weight is 376 g/mol. The fourth-order valence-electron chi connectivity index (χ4n) is 4.79. The van der Waals surface area contributed by atoms with Gasteiger partial charge in [-0.15, -0.1) is 0 Å². The summed E-state index contributed by atoms with van der Waals surface area (Å²) in [5.74, 6) is 1.23. The van der Waals surface area contributed by atoms with Crippen LogP contribution in [0, 0.1) is 6.92 Å². The molecule has 3 nitrogen and oxygen atoms in total. The third kappa shape index (κ3) is 2.34. The summed E-state index contributed by atoms with van der Waals surface area (Å²) in [6.07, 6.45) is 9.70. The highest BCUT2D eigenvalue weighted by molar-refractivity contribution is 5.86. The maximum Gasteiger partial charge on any atom is 0.294 e. The minimum Gasteiger partial charge on any atom is -0.324 e. The van der Waals surface area contributed by atoms with Crippen LogP contribution in [0.2, 0.25) is 0 Å². The Balaban J connectivity index is 1.61. The number of hydrogen-bond acceptors (Lipinski definition) is 0. The van der Waals surface area contributed by atoms with Crippen molar-refractivity contribution in [1.82, 2.24) is 8.97 Å². The number of aromatic nitrogens is 3. The number of hydrogen-bond donors (Lipinski definition) is 0. The number of nitrogens with zero attached hydrogens (tertiary/aromatic N) is 3. The van der Waals surface area contributed by atoms with E-state index in [1.54, 1.807) is 0 Å². The van der Waals surface area contributed by atoms with E-state index in [2.05, 4.69) is 113 Å². The molecule has 29 heavy (non-hydrogen) atoms. The first kappa shape index (κ1) is 16.4. The predicted molar refractivity (Wildman–Crippen MR) is 116 cm³/mol. The molecule has 0 aliphatic heterocycles. The quantitative estimate of drug-likeness (QED) is 0.373. The Hall–Kier alpha value is -3.59. The fraction of sp³-hybridized carbons (Fsp3) is 0.115. The maximum absolute atomic E-state index is 2.33. The van der Waals surface area contributed by atoms with Gasteiger partial charge in [0.15, 0.2) is 0 Å². The number of aryl methyl sites for hydroxylation is 2. The van der Waals surface area contributed by atoms with Gasteiger partial charge in [-0.2, -0.15) is 4.57 Å². The van der Waals surface area contributed by atoms with Gasteiger partial charge in [0.25, 0.3) is 5.82 Å². The number of imidazole rings is 1. The molecule has 0 spiro atoms. The summed E-state index contributed by atoms with van der Waals surface area (Å²) in [7, 11) is 2.14. The standard InChI is InChI=1S/C26H22N3/c1-18-10-11-22-23-16-21-9-6-12-28(21)17-19(23)15-24(22)25(18)26-27(2)13-14-29(26)20-7-4-3-5-8-20/h3-14,16-17H,15H2,1-2H3/q+1. The SMILES string of the molecule is Cc1ccc2c(c1-c1n(-c3ccccc3)cc[n+]1C)Cc1cn3cccc3cc1-2. The molecule has 2 aromatic carbocycles. The number of para-hydroxylation sites is 1. The summed E-state index contributed by atoms with van der Waals surface area (Å²) in [4.78, 5) is 0. The van der Waals surface area contributed by atoms with Gasteiger partial charge in [0.1, 0.15) is 18.1 Å². The van der Waals surface area contributed by atoms with Gasteiger partial charge in [-0.1, -0.05) is 30.3 Å². The second-order valence-electron chi connectivity index (χ2n) is 7.95. The van der Waals surface area contributed by atoms with E-state index >= 15 is 0 Å². The Labute approximate surface area is 170 Å². The first-order valence-corrected chi connectivity index (χ1v) is 10.1. The molecule has 0 bridgehead atoms. The van der Waals surface area contributed by atoms with Crippen molar-refractivity contribution in [2.75, 3.05) is 0 Å². The highest BCUT2D eigenvalue weighted by atomic mass is 15.1. The second kappa shape index (κ2) is 5.95. The molecular formula is C26H22N3+. The summed E-state index contributed by atoms with van der Waals surface area (Å²) < 4.78 is 6.77. The lowest BCUT2D eigenvalue weighted by Crippen LogP contribution is -2.29. The van der Waals surface area contributed by atoms with Gasteiger partial charge in [-0.3, -0.25) is 0 Å². The van der Waals surface area contributed by atoms with Crippen LogP contribution in [-0.4, -0.2) is 8.97 Å². The largest absolute Gasteiger partial charge is 0.324 e. The van der Waals surface area contributed by atoms with Crippen LogP contribution in [0.1, 0.15) is 16.7 Å². The smallest absolute Gasteiger partial charge is 0.294 e. The molecule has 0 saturated carbocycles. The van der Waals surface area contributed by atoms with Crippen LogP contribution in [0.3, 0.4) is 0 Å². The van der Waals surface area contributed by atoms with E-state index in [4.69, 9.17) is 0 Å². The Kier molecular flexibility index (Phi) is 3.36. The fourth-order valence-corrected chi connectivity index (χ4v) is 4.79. The van der Waals surface area contributed by atoms with E-state index in [1.807, 2.05) is 0 Å². The average Bonchev–Trinajstić information content (AvgIpc) is 3.43. The maximum atomic E-state index is 2.33. The van der Waals surface area contributed by atoms with Crippen molar-refractivity contribution in [3.05, 3.63) is 102 Å². The molecular weight excluding hydrogens is 354 g/mol. The third-order valence-electron chi connectivity index (χ3n) is 6.18. The summed E-state index contributed by atoms with van der Waals surface area (Å²) in [5, 5.41) is 0. The van der Waals surface area contributed by atoms with Crippen LogP contribution in [0.5, 0.6) is 0 Å². The molecule has 0 saturated heterocycles. The summed E-state index contributed by atoms with van der Waals surface area (Å²) in [5.41, 5.74) is 10.7. The lowest BCUT2D eigenvalue weighted by Gasteiger charge is -2.11. The Bertz CT molecular complexity index is 1390. The van der Waals surface area contributed by atoms with Gasteiger partial charge in [-0.05, 0) is 65.1 Å². The van der Waals surface area contributed by atoms with E-state index in [1.165, 1.54) is 50.4 Å². The van der Waals surface area contributed by atoms with Crippen molar-refractivity contribution in [2.24, 2.45) is 7.05 Å². The molecule has 0 N–H and O–H groups in total. The Morgan fingerprint density at radius 1 is 0.897 bits per heavy atom. The second-order valence-corrected chi connectivity index (χ2v) is 7.95. The number of pyridine rings is 1. The molecule has 0 amide bonds. The van der Waals surface area contributed by atoms with Crippen molar-refractivity contribution < 1.29 is 4.57 Å². The highest BCUT2D eigenvalue weighted by Crippen LogP contribution is 2.43. The summed E-state index contributed by atoms with van der Waals surface area (Å²) in [6, 6.07) is 21.8. The zero-order valence-corrected chi connectivity index (χ0v) is 16.6. The van der Waals surface area contributed by atoms with E-state index < -0.39 is 0 Å². The van der Waals surface area contributed by atoms with E-state index in [-0.39, 0.29) is 0 Å². The van der Waals surface area contributed by atoms with Crippen molar-refractivity contribution in [2.45, 2.75) is 13.3 Å². The van der Waals surface area contributed by atoms with Crippen LogP contribution in [-0.2, 0) is 13.5 Å². The topological polar surface area (TPSA) is 13.2 Å². The van der Waals surface area contributed by atoms with Crippen molar-refractivity contribution in [3.8, 4) is 28.2 Å². The monoisotopic (exact) mass is 376 g/mol. The van der Waals surface area contributed by atoms with Crippen LogP contribution in [0.25, 0.3) is 33.7 Å². The van der Waals surface area contributed by atoms with Crippen LogP contribution >= 0.6 is 0 Å². The zero-order valence-electron chi connectivity index (χ0n) is 16.6. The first-order valence-electron chi connectivity index (χ1n) is 10.1. The van der Waals surface area contributed by atoms with Gasteiger partial charge < -0.3 is 4.40 Å². The van der Waals surface area contributed by atoms with Gasteiger partial charge in [0, 0.05) is 24.3 Å². The van der Waals surface area contributed by atoms with Gasteiger partial charge >= 0.3 is 0 Å². The Morgan fingerprint density at radius 3 is 2.62 bits per heavy atom. The highest BCUT2D eigenvalue weighted by Gasteiger charge is 2.29. The molecule has 3 heterocycles. The van der Waals surface area contributed by atoms with Crippen molar-refractivity contribution in [3.63, 3.8) is 0 Å². The molecule has 6 rings (SSSR count). The molecule has 140 valence electrons. The van der Waals surface area contributed by atoms with E-state index in [9.17, 15) is 0 Å². The zero-order chi connectivity index (χ0) is 19.5. The summed E-state index contributed by atoms with van der Waals surface area (Å²) >= 11 is 0. The minimum absolute atomic E-state index is 0.968. The van der Waals surface area contributed by atoms with Crippen molar-refractivity contribution >= 4 is 5.52 Å². The van der Waals surface area contributed by atoms with Gasteiger partial charge in [-0.25, -0.2) is 4.57 Å². The lowest BCUT2D eigenvalue weighted by molar-refractivity contribution is -0.659. The molecule has 0 atom stereocenters. The van der Waals surface area contributed by atoms with Crippen LogP contribution in [0.4, 0.5) is 0 Å². The van der Waals surface area contributed by atoms with Crippen LogP contribution in [0.15, 0.2) is 85.5 Å². The number of rotatable bonds is 2. The number of benzene rings is 2. The Morgan fingerprint density at radius 2 is 1.76 bits per heavy atom. The van der Waals surface area contributed by atoms with E-state index in [0.29, 0.717) is 0 Å². The molecule has 1 aliphatic rings. The van der Waals surface area contributed by atoms with Crippen LogP contribution < -0.4 is 4.57 Å². The molecule has 1 aliphatic carbocycles. The predicted octanol–water partition coefficient (Wildman–Crippen LogP) is 5.10. The van der Waals surface area contributed by atoms with Gasteiger partial charge in [0.05, 0.1) is 12.6 Å². The molecule has 3 aromatic heterocycles. The minimum atomic E-state index is 0.968.